The lowest BCUT2D eigenvalue weighted by atomic mass is 9.86. The summed E-state index contributed by atoms with van der Waals surface area (Å²) in [7, 11) is 1.55. The second-order valence-corrected chi connectivity index (χ2v) is 19.1. The summed E-state index contributed by atoms with van der Waals surface area (Å²) in [6.07, 6.45) is 8.33. The average Bonchev–Trinajstić information content (AvgIpc) is 4.10. The molecule has 15 heteroatoms. The van der Waals surface area contributed by atoms with Crippen LogP contribution in [-0.4, -0.2) is 98.2 Å². The molecule has 1 saturated carbocycles. The van der Waals surface area contributed by atoms with E-state index >= 15 is 0 Å². The van der Waals surface area contributed by atoms with E-state index in [0.29, 0.717) is 43.9 Å². The zero-order valence-electron chi connectivity index (χ0n) is 37.7. The number of aromatic amines is 2. The molecule has 5 atom stereocenters. The Balaban J connectivity index is 0.943. The van der Waals surface area contributed by atoms with Gasteiger partial charge >= 0.3 is 6.09 Å². The summed E-state index contributed by atoms with van der Waals surface area (Å²) in [6, 6.07) is 8.97. The maximum atomic E-state index is 14.4. The van der Waals surface area contributed by atoms with E-state index in [1.165, 1.54) is 24.8 Å². The van der Waals surface area contributed by atoms with E-state index in [9.17, 15) is 19.5 Å². The standard InChI is InChI=1S/C49H62N8O7/c1-26(2)42(51-28(5)62-6)48(59)57-22-30(24-63-23-29-9-7-10-29)17-40(57)46-52-37-15-13-31-19-36-34-14-12-32(18-33(34)25-64-41(36)20-35(31)44(37)54-46)38-21-50-45(53-38)39-11-8-16-56(39)47(58)43(27(3)4)55-49(60)61/h12,14,18-21,26-27,29-30,39-40,42-43,51,55H,5,7-11,13,15-17,22-25H2,1-4,6H3,(H,50,53)(H,52,54)(H,60,61)/t30-,39+,40+,42+,43+/m1/s1. The van der Waals surface area contributed by atoms with Crippen molar-refractivity contribution in [2.75, 3.05) is 33.4 Å². The maximum absolute atomic E-state index is 14.4. The topological polar surface area (TPSA) is 187 Å². The van der Waals surface area contributed by atoms with E-state index < -0.39 is 18.2 Å². The molecule has 3 fully saturated rings. The predicted molar refractivity (Wildman–Crippen MR) is 241 cm³/mol. The van der Waals surface area contributed by atoms with Gasteiger partial charge in [0.1, 0.15) is 36.1 Å². The Morgan fingerprint density at radius 3 is 2.38 bits per heavy atom. The Kier molecular flexibility index (Phi) is 12.2. The number of ether oxygens (including phenoxy) is 3. The predicted octanol–water partition coefficient (Wildman–Crippen LogP) is 7.52. The normalized spacial score (nSPS) is 21.0. The van der Waals surface area contributed by atoms with Gasteiger partial charge < -0.3 is 49.7 Å². The molecule has 64 heavy (non-hydrogen) atoms. The molecule has 5 N–H and O–H groups in total. The van der Waals surface area contributed by atoms with Crippen molar-refractivity contribution in [1.29, 1.82) is 0 Å². The largest absolute Gasteiger partial charge is 0.488 e. The van der Waals surface area contributed by atoms with Gasteiger partial charge in [-0.25, -0.2) is 14.8 Å². The summed E-state index contributed by atoms with van der Waals surface area (Å²) in [5.41, 5.74) is 9.30. The Hall–Kier alpha value is -5.83. The third-order valence-electron chi connectivity index (χ3n) is 14.1. The third kappa shape index (κ3) is 8.46. The van der Waals surface area contributed by atoms with Crippen molar-refractivity contribution in [1.82, 2.24) is 40.4 Å². The van der Waals surface area contributed by atoms with E-state index in [0.717, 1.165) is 95.2 Å². The first-order valence-corrected chi connectivity index (χ1v) is 23.1. The number of likely N-dealkylation sites (tertiary alicyclic amines) is 2. The fourth-order valence-corrected chi connectivity index (χ4v) is 10.3. The molecule has 5 aliphatic rings. The van der Waals surface area contributed by atoms with Gasteiger partial charge in [0.15, 0.2) is 5.88 Å². The first kappa shape index (κ1) is 43.4. The molecule has 4 aromatic rings. The van der Waals surface area contributed by atoms with Crippen LogP contribution in [0.3, 0.4) is 0 Å². The second-order valence-electron chi connectivity index (χ2n) is 19.1. The molecule has 2 aromatic carbocycles. The highest BCUT2D eigenvalue weighted by molar-refractivity contribution is 5.87. The molecule has 9 rings (SSSR count). The monoisotopic (exact) mass is 874 g/mol. The number of methoxy groups -OCH3 is 1. The highest BCUT2D eigenvalue weighted by atomic mass is 16.5. The van der Waals surface area contributed by atoms with E-state index in [4.69, 9.17) is 24.2 Å². The van der Waals surface area contributed by atoms with Crippen LogP contribution in [0.1, 0.15) is 107 Å². The average molecular weight is 875 g/mol. The molecule has 0 unspecified atom stereocenters. The lowest BCUT2D eigenvalue weighted by Gasteiger charge is -2.31. The van der Waals surface area contributed by atoms with Crippen LogP contribution in [0.2, 0.25) is 0 Å². The van der Waals surface area contributed by atoms with E-state index in [1.807, 2.05) is 32.6 Å². The van der Waals surface area contributed by atoms with Crippen molar-refractivity contribution in [3.63, 3.8) is 0 Å². The number of carboxylic acid groups (broad SMARTS) is 1. The van der Waals surface area contributed by atoms with Crippen molar-refractivity contribution in [3.05, 3.63) is 77.5 Å². The molecular formula is C49H62N8O7. The first-order valence-electron chi connectivity index (χ1n) is 23.1. The Morgan fingerprint density at radius 2 is 1.64 bits per heavy atom. The molecule has 3 amide bonds. The molecule has 3 aliphatic heterocycles. The summed E-state index contributed by atoms with van der Waals surface area (Å²) < 4.78 is 18.1. The summed E-state index contributed by atoms with van der Waals surface area (Å²) in [4.78, 5) is 60.3. The molecule has 340 valence electrons. The first-order chi connectivity index (χ1) is 30.9. The van der Waals surface area contributed by atoms with Crippen LogP contribution in [0.25, 0.3) is 33.6 Å². The van der Waals surface area contributed by atoms with Gasteiger partial charge in [0.25, 0.3) is 0 Å². The summed E-state index contributed by atoms with van der Waals surface area (Å²) in [5.74, 6) is 3.12. The number of aryl methyl sites for hydroxylation is 2. The minimum Gasteiger partial charge on any atom is -0.488 e. The van der Waals surface area contributed by atoms with Gasteiger partial charge in [0.2, 0.25) is 11.8 Å². The number of carbonyl (C=O) groups is 3. The molecular weight excluding hydrogens is 813 g/mol. The van der Waals surface area contributed by atoms with Gasteiger partial charge in [0, 0.05) is 42.4 Å². The molecule has 0 bridgehead atoms. The summed E-state index contributed by atoms with van der Waals surface area (Å²) >= 11 is 0. The van der Waals surface area contributed by atoms with Gasteiger partial charge in [0.05, 0.1) is 43.4 Å². The Morgan fingerprint density at radius 1 is 0.875 bits per heavy atom. The summed E-state index contributed by atoms with van der Waals surface area (Å²) in [5, 5.41) is 15.0. The molecule has 2 aliphatic carbocycles. The van der Waals surface area contributed by atoms with Crippen LogP contribution >= 0.6 is 0 Å². The van der Waals surface area contributed by atoms with Crippen LogP contribution in [0.5, 0.6) is 5.75 Å². The molecule has 5 heterocycles. The number of aromatic nitrogens is 4. The van der Waals surface area contributed by atoms with Crippen molar-refractivity contribution >= 4 is 17.9 Å². The zero-order valence-corrected chi connectivity index (χ0v) is 37.7. The number of hydrogen-bond donors (Lipinski definition) is 5. The summed E-state index contributed by atoms with van der Waals surface area (Å²) in [6.45, 7) is 14.6. The number of rotatable bonds is 15. The van der Waals surface area contributed by atoms with Crippen molar-refractivity contribution in [2.24, 2.45) is 23.7 Å². The van der Waals surface area contributed by atoms with Gasteiger partial charge in [-0.15, -0.1) is 0 Å². The number of imidazole rings is 2. The molecule has 0 spiro atoms. The number of hydrogen-bond acceptors (Lipinski definition) is 9. The number of amides is 3. The minimum atomic E-state index is -1.21. The SMILES string of the molecule is C=C(N[C@H](C(=O)N1C[C@H](COCC2CCC2)C[C@H]1c1nc2c([nH]1)CCc1cc3c(cc1-2)OCc1cc(-c2cnc([C@@H]4CCCN4C(=O)[C@@H](NC(=O)O)C(C)C)[nH]2)ccc1-3)C(C)C)OC. The number of fused-ring (bicyclic) bond motifs is 6. The third-order valence-corrected chi connectivity index (χ3v) is 14.1. The van der Waals surface area contributed by atoms with Crippen LogP contribution in [-0.2, 0) is 38.5 Å². The second kappa shape index (κ2) is 18.0. The van der Waals surface area contributed by atoms with Gasteiger partial charge in [-0.3, -0.25) is 9.59 Å². The van der Waals surface area contributed by atoms with Gasteiger partial charge in [-0.1, -0.05) is 46.2 Å². The highest BCUT2D eigenvalue weighted by Crippen LogP contribution is 2.46. The number of carbonyl (C=O) groups excluding carboxylic acids is 2. The highest BCUT2D eigenvalue weighted by Gasteiger charge is 2.43. The van der Waals surface area contributed by atoms with Gasteiger partial charge in [-0.2, -0.15) is 0 Å². The van der Waals surface area contributed by atoms with Crippen molar-refractivity contribution in [3.8, 4) is 39.4 Å². The number of nitrogens with one attached hydrogen (secondary N) is 4. The van der Waals surface area contributed by atoms with Gasteiger partial charge in [-0.05, 0) is 110 Å². The quantitative estimate of drug-likeness (QED) is 0.0748. The molecule has 0 radical (unpaired) electrons. The fourth-order valence-electron chi connectivity index (χ4n) is 10.3. The lowest BCUT2D eigenvalue weighted by molar-refractivity contribution is -0.136. The smallest absolute Gasteiger partial charge is 0.405 e. The molecule has 15 nitrogen and oxygen atoms in total. The van der Waals surface area contributed by atoms with Crippen molar-refractivity contribution in [2.45, 2.75) is 110 Å². The molecule has 2 saturated heterocycles. The van der Waals surface area contributed by atoms with Crippen molar-refractivity contribution < 1.29 is 33.7 Å². The van der Waals surface area contributed by atoms with E-state index in [1.54, 1.807) is 18.2 Å². The van der Waals surface area contributed by atoms with Crippen LogP contribution < -0.4 is 15.4 Å². The Labute approximate surface area is 374 Å². The number of nitrogens with zero attached hydrogens (tertiary/aromatic N) is 4. The van der Waals surface area contributed by atoms with Crippen LogP contribution in [0.15, 0.2) is 49.0 Å². The fraction of sp³-hybridized carbons (Fsp3) is 0.531. The van der Waals surface area contributed by atoms with Crippen LogP contribution in [0.4, 0.5) is 4.79 Å². The number of H-pyrrole nitrogens is 2. The zero-order chi connectivity index (χ0) is 44.8. The number of benzene rings is 2. The Bertz CT molecular complexity index is 2420. The van der Waals surface area contributed by atoms with E-state index in [2.05, 4.69) is 57.5 Å². The van der Waals surface area contributed by atoms with E-state index in [-0.39, 0.29) is 41.7 Å². The minimum absolute atomic E-state index is 0.00574. The molecule has 2 aromatic heterocycles. The lowest BCUT2D eigenvalue weighted by Crippen LogP contribution is -2.50. The van der Waals surface area contributed by atoms with Crippen LogP contribution in [0, 0.1) is 23.7 Å². The maximum Gasteiger partial charge on any atom is 0.405 e.